The third-order valence-electron chi connectivity index (χ3n) is 3.60. The lowest BCUT2D eigenvalue weighted by molar-refractivity contribution is 0.112. The molecule has 102 valence electrons. The highest BCUT2D eigenvalue weighted by atomic mass is 16.3. The average Bonchev–Trinajstić information content (AvgIpc) is 3.15. The largest absolute Gasteiger partial charge is 0.396 e. The van der Waals surface area contributed by atoms with E-state index in [0.717, 1.165) is 18.3 Å². The molecule has 1 aliphatic carbocycles. The number of allylic oxidation sites excluding steroid dienone is 1. The first-order valence-electron chi connectivity index (χ1n) is 6.57. The molecule has 1 aromatic heterocycles. The number of rotatable bonds is 4. The molecular weight excluding hydrogens is 254 g/mol. The Morgan fingerprint density at radius 3 is 2.95 bits per heavy atom. The lowest BCUT2D eigenvalue weighted by Crippen LogP contribution is -2.08. The summed E-state index contributed by atoms with van der Waals surface area (Å²) < 4.78 is 1.78. The number of aldehydes is 1. The van der Waals surface area contributed by atoms with E-state index in [0.29, 0.717) is 11.3 Å². The van der Waals surface area contributed by atoms with Crippen molar-refractivity contribution in [2.24, 2.45) is 5.92 Å². The molecule has 0 unspecified atom stereocenters. The maximum atomic E-state index is 11.1. The van der Waals surface area contributed by atoms with Crippen LogP contribution in [-0.4, -0.2) is 33.0 Å². The highest BCUT2D eigenvalue weighted by Gasteiger charge is 2.21. The van der Waals surface area contributed by atoms with Crippen molar-refractivity contribution in [3.63, 3.8) is 0 Å². The molecule has 0 radical (unpaired) electrons. The molecule has 1 aliphatic rings. The molecule has 1 aromatic carbocycles. The van der Waals surface area contributed by atoms with Crippen LogP contribution in [0.25, 0.3) is 11.3 Å². The van der Waals surface area contributed by atoms with Gasteiger partial charge in [-0.1, -0.05) is 41.6 Å². The molecule has 0 bridgehead atoms. The maximum Gasteiger partial charge on any atom is 0.150 e. The van der Waals surface area contributed by atoms with E-state index >= 15 is 0 Å². The molecule has 0 spiro atoms. The van der Waals surface area contributed by atoms with Gasteiger partial charge >= 0.3 is 0 Å². The minimum Gasteiger partial charge on any atom is -0.396 e. The number of benzene rings is 1. The lowest BCUT2D eigenvalue weighted by atomic mass is 10.1. The van der Waals surface area contributed by atoms with Crippen LogP contribution in [0.3, 0.4) is 0 Å². The summed E-state index contributed by atoms with van der Waals surface area (Å²) in [7, 11) is 0. The zero-order valence-electron chi connectivity index (χ0n) is 10.9. The standard InChI is InChI=1S/C15H15N3O2/c19-9-11-5-6-13(7-11)18-8-15(16-17-18)14-4-2-1-3-12(14)10-20/h1-6,8,10-11,13,19H,7,9H2/t11-,13+/m1/s1. The molecule has 0 aliphatic heterocycles. The van der Waals surface area contributed by atoms with Crippen LogP contribution < -0.4 is 0 Å². The Morgan fingerprint density at radius 2 is 2.20 bits per heavy atom. The van der Waals surface area contributed by atoms with Gasteiger partial charge in [0.2, 0.25) is 0 Å². The van der Waals surface area contributed by atoms with Crippen LogP contribution in [0, 0.1) is 5.92 Å². The van der Waals surface area contributed by atoms with Crippen LogP contribution in [0.15, 0.2) is 42.6 Å². The Morgan fingerprint density at radius 1 is 1.35 bits per heavy atom. The van der Waals surface area contributed by atoms with E-state index < -0.39 is 0 Å². The quantitative estimate of drug-likeness (QED) is 0.679. The Labute approximate surface area is 116 Å². The van der Waals surface area contributed by atoms with Gasteiger partial charge in [-0.2, -0.15) is 0 Å². The fourth-order valence-electron chi connectivity index (χ4n) is 2.48. The number of carbonyl (C=O) groups is 1. The minimum absolute atomic E-state index is 0.122. The van der Waals surface area contributed by atoms with E-state index in [-0.39, 0.29) is 18.6 Å². The second-order valence-electron chi connectivity index (χ2n) is 4.92. The summed E-state index contributed by atoms with van der Waals surface area (Å²) in [5, 5.41) is 17.4. The number of hydrogen-bond donors (Lipinski definition) is 1. The van der Waals surface area contributed by atoms with Crippen molar-refractivity contribution in [1.29, 1.82) is 0 Å². The van der Waals surface area contributed by atoms with Gasteiger partial charge in [0.1, 0.15) is 5.69 Å². The average molecular weight is 269 g/mol. The van der Waals surface area contributed by atoms with Crippen molar-refractivity contribution in [1.82, 2.24) is 15.0 Å². The van der Waals surface area contributed by atoms with E-state index in [1.165, 1.54) is 0 Å². The summed E-state index contributed by atoms with van der Waals surface area (Å²) in [6.45, 7) is 0.155. The molecule has 5 nitrogen and oxygen atoms in total. The summed E-state index contributed by atoms with van der Waals surface area (Å²) in [5.41, 5.74) is 2.08. The molecule has 0 amide bonds. The normalized spacial score (nSPS) is 21.2. The molecule has 0 saturated heterocycles. The summed E-state index contributed by atoms with van der Waals surface area (Å²) in [6, 6.07) is 7.44. The summed E-state index contributed by atoms with van der Waals surface area (Å²) in [4.78, 5) is 11.1. The molecular formula is C15H15N3O2. The van der Waals surface area contributed by atoms with Crippen LogP contribution in [0.4, 0.5) is 0 Å². The van der Waals surface area contributed by atoms with Crippen molar-refractivity contribution in [3.05, 3.63) is 48.2 Å². The zero-order valence-corrected chi connectivity index (χ0v) is 10.9. The van der Waals surface area contributed by atoms with Crippen LogP contribution in [0.1, 0.15) is 22.8 Å². The molecule has 0 fully saturated rings. The monoisotopic (exact) mass is 269 g/mol. The summed E-state index contributed by atoms with van der Waals surface area (Å²) in [6.07, 6.45) is 7.54. The van der Waals surface area contributed by atoms with Crippen LogP contribution in [0.2, 0.25) is 0 Å². The molecule has 1 heterocycles. The van der Waals surface area contributed by atoms with Gasteiger partial charge in [0, 0.05) is 23.7 Å². The zero-order chi connectivity index (χ0) is 13.9. The smallest absolute Gasteiger partial charge is 0.150 e. The highest BCUT2D eigenvalue weighted by Crippen LogP contribution is 2.28. The highest BCUT2D eigenvalue weighted by molar-refractivity contribution is 5.86. The van der Waals surface area contributed by atoms with Gasteiger partial charge in [-0.25, -0.2) is 4.68 Å². The van der Waals surface area contributed by atoms with E-state index in [4.69, 9.17) is 5.11 Å². The van der Waals surface area contributed by atoms with Crippen molar-refractivity contribution >= 4 is 6.29 Å². The van der Waals surface area contributed by atoms with Gasteiger partial charge < -0.3 is 5.11 Å². The SMILES string of the molecule is O=Cc1ccccc1-c1cn([C@H]2C=C[C@@H](CO)C2)nn1. The van der Waals surface area contributed by atoms with Crippen LogP contribution in [-0.2, 0) is 0 Å². The maximum absolute atomic E-state index is 11.1. The van der Waals surface area contributed by atoms with Gasteiger partial charge in [-0.05, 0) is 6.42 Å². The van der Waals surface area contributed by atoms with E-state index in [2.05, 4.69) is 10.3 Å². The Balaban J connectivity index is 1.87. The first kappa shape index (κ1) is 12.7. The lowest BCUT2D eigenvalue weighted by Gasteiger charge is -2.09. The number of nitrogens with zero attached hydrogens (tertiary/aromatic N) is 3. The molecule has 1 N–H and O–H groups in total. The fraction of sp³-hybridized carbons (Fsp3) is 0.267. The number of hydrogen-bond acceptors (Lipinski definition) is 4. The second-order valence-corrected chi connectivity index (χ2v) is 4.92. The second kappa shape index (κ2) is 5.38. The molecule has 3 rings (SSSR count). The molecule has 5 heteroatoms. The number of carbonyl (C=O) groups excluding carboxylic acids is 1. The summed E-state index contributed by atoms with van der Waals surface area (Å²) in [5.74, 6) is 0.190. The van der Waals surface area contributed by atoms with Gasteiger partial charge in [-0.15, -0.1) is 5.10 Å². The molecule has 0 saturated carbocycles. The van der Waals surface area contributed by atoms with Crippen molar-refractivity contribution in [2.45, 2.75) is 12.5 Å². The number of aliphatic hydroxyl groups excluding tert-OH is 1. The van der Waals surface area contributed by atoms with Crippen molar-refractivity contribution < 1.29 is 9.90 Å². The Hall–Kier alpha value is -2.27. The van der Waals surface area contributed by atoms with Crippen molar-refractivity contribution in [2.75, 3.05) is 6.61 Å². The topological polar surface area (TPSA) is 68.0 Å². The third-order valence-corrected chi connectivity index (χ3v) is 3.60. The van der Waals surface area contributed by atoms with Gasteiger partial charge in [0.25, 0.3) is 0 Å². The van der Waals surface area contributed by atoms with Crippen molar-refractivity contribution in [3.8, 4) is 11.3 Å². The van der Waals surface area contributed by atoms with Crippen LogP contribution in [0.5, 0.6) is 0 Å². The Bertz CT molecular complexity index is 648. The minimum atomic E-state index is 0.122. The Kier molecular flexibility index (Phi) is 3.43. The fourth-order valence-corrected chi connectivity index (χ4v) is 2.48. The van der Waals surface area contributed by atoms with Gasteiger partial charge in [-0.3, -0.25) is 4.79 Å². The summed E-state index contributed by atoms with van der Waals surface area (Å²) >= 11 is 0. The molecule has 20 heavy (non-hydrogen) atoms. The van der Waals surface area contributed by atoms with Gasteiger partial charge in [0.05, 0.1) is 12.2 Å². The van der Waals surface area contributed by atoms with E-state index in [9.17, 15) is 4.79 Å². The first-order valence-corrected chi connectivity index (χ1v) is 6.57. The third kappa shape index (κ3) is 2.28. The van der Waals surface area contributed by atoms with E-state index in [1.807, 2.05) is 36.5 Å². The number of aromatic nitrogens is 3. The van der Waals surface area contributed by atoms with E-state index in [1.54, 1.807) is 10.7 Å². The first-order chi connectivity index (χ1) is 9.81. The number of aliphatic hydroxyl groups is 1. The van der Waals surface area contributed by atoms with Crippen LogP contribution >= 0.6 is 0 Å². The predicted molar refractivity (Wildman–Crippen MR) is 74.2 cm³/mol. The van der Waals surface area contributed by atoms with Gasteiger partial charge in [0.15, 0.2) is 6.29 Å². The molecule has 2 atom stereocenters. The molecule has 2 aromatic rings. The predicted octanol–water partition coefficient (Wildman–Crippen LogP) is 1.87.